The Bertz CT molecular complexity index is 1570. The molecule has 5 rings (SSSR count). The number of amides is 1. The Morgan fingerprint density at radius 3 is 2.27 bits per heavy atom. The van der Waals surface area contributed by atoms with Gasteiger partial charge in [-0.3, -0.25) is 9.69 Å². The van der Waals surface area contributed by atoms with Gasteiger partial charge in [0, 0.05) is 49.9 Å². The number of fused-ring (bicyclic) bond motifs is 1. The molecule has 208 valence electrons. The largest absolute Gasteiger partial charge is 0.494 e. The minimum Gasteiger partial charge on any atom is -0.494 e. The summed E-state index contributed by atoms with van der Waals surface area (Å²) in [5.41, 5.74) is 1.03. The topological polar surface area (TPSA) is 75.2 Å². The number of likely N-dealkylation sites (N-methyl/N-ethyl adjacent to an activating group) is 2. The van der Waals surface area contributed by atoms with Crippen LogP contribution in [0.2, 0.25) is 0 Å². The highest BCUT2D eigenvalue weighted by molar-refractivity contribution is 6.21. The van der Waals surface area contributed by atoms with Gasteiger partial charge in [0.2, 0.25) is 5.91 Å². The van der Waals surface area contributed by atoms with Crippen molar-refractivity contribution in [3.63, 3.8) is 0 Å². The van der Waals surface area contributed by atoms with Crippen molar-refractivity contribution in [1.29, 1.82) is 0 Å². The van der Waals surface area contributed by atoms with E-state index in [4.69, 9.17) is 0 Å². The zero-order valence-corrected chi connectivity index (χ0v) is 21.9. The molecule has 0 radical (unpaired) electrons. The van der Waals surface area contributed by atoms with E-state index in [0.717, 1.165) is 44.4 Å². The Labute approximate surface area is 228 Å². The van der Waals surface area contributed by atoms with E-state index in [1.54, 1.807) is 31.3 Å². The number of aromatic nitrogens is 1. The molecule has 0 aliphatic carbocycles. The number of benzene rings is 3. The van der Waals surface area contributed by atoms with Crippen LogP contribution >= 0.6 is 0 Å². The summed E-state index contributed by atoms with van der Waals surface area (Å²) >= 11 is 0. The normalized spacial score (nSPS) is 15.1. The van der Waals surface area contributed by atoms with Crippen molar-refractivity contribution in [1.82, 2.24) is 14.8 Å². The summed E-state index contributed by atoms with van der Waals surface area (Å²) in [4.78, 5) is 25.9. The van der Waals surface area contributed by atoms with Gasteiger partial charge < -0.3 is 19.9 Å². The zero-order valence-electron chi connectivity index (χ0n) is 21.9. The Morgan fingerprint density at radius 2 is 1.62 bits per heavy atom. The standard InChI is InChI=1S/C29H27F4N5O2/c1-36-9-11-38(12-10-36)16-25(39)37(2)20-6-4-19(5-7-20)34-28(17-13-22(31)27(33)23(32)14-17)26-21-8-3-18(30)15-24(21)35-29(26)40/h3-8,13-15,35,40H,9-12,16H2,1-2H3. The molecule has 2 N–H and O–H groups in total. The van der Waals surface area contributed by atoms with Crippen molar-refractivity contribution in [3.05, 3.63) is 89.0 Å². The van der Waals surface area contributed by atoms with Crippen molar-refractivity contribution in [3.8, 4) is 5.88 Å². The van der Waals surface area contributed by atoms with Crippen LogP contribution in [0.15, 0.2) is 59.6 Å². The van der Waals surface area contributed by atoms with Crippen molar-refractivity contribution in [2.45, 2.75) is 0 Å². The molecule has 0 atom stereocenters. The zero-order chi connectivity index (χ0) is 28.6. The number of aliphatic imine (C=N–C) groups is 1. The minimum atomic E-state index is -1.64. The first-order chi connectivity index (χ1) is 19.1. The van der Waals surface area contributed by atoms with Crippen molar-refractivity contribution < 1.29 is 27.5 Å². The number of anilines is 1. The fraction of sp³-hybridized carbons (Fsp3) is 0.241. The summed E-state index contributed by atoms with van der Waals surface area (Å²) in [5.74, 6) is -5.53. The molecule has 3 aromatic carbocycles. The molecule has 0 bridgehead atoms. The minimum absolute atomic E-state index is 0.0592. The molecule has 0 spiro atoms. The monoisotopic (exact) mass is 553 g/mol. The number of nitrogens with zero attached hydrogens (tertiary/aromatic N) is 4. The molecule has 1 saturated heterocycles. The number of hydrogen-bond acceptors (Lipinski definition) is 5. The molecule has 40 heavy (non-hydrogen) atoms. The quantitative estimate of drug-likeness (QED) is 0.204. The maximum absolute atomic E-state index is 14.2. The number of carbonyl (C=O) groups is 1. The lowest BCUT2D eigenvalue weighted by atomic mass is 10.00. The number of aromatic hydroxyl groups is 1. The summed E-state index contributed by atoms with van der Waals surface area (Å²) in [6.07, 6.45) is 0. The van der Waals surface area contributed by atoms with Gasteiger partial charge in [0.05, 0.1) is 29.0 Å². The SMILES string of the molecule is CN1CCN(CC(=O)N(C)c2ccc(N=C(c3cc(F)c(F)c(F)c3)c3c(O)[nH]c4cc(F)ccc34)cc2)CC1. The fourth-order valence-electron chi connectivity index (χ4n) is 4.68. The number of rotatable bonds is 6. The number of halogens is 4. The maximum Gasteiger partial charge on any atom is 0.240 e. The lowest BCUT2D eigenvalue weighted by Crippen LogP contribution is -2.48. The van der Waals surface area contributed by atoms with E-state index in [2.05, 4.69) is 19.8 Å². The highest BCUT2D eigenvalue weighted by atomic mass is 19.2. The molecule has 11 heteroatoms. The van der Waals surface area contributed by atoms with Crippen LogP contribution in [0.5, 0.6) is 5.88 Å². The summed E-state index contributed by atoms with van der Waals surface area (Å²) in [6.45, 7) is 3.70. The number of H-pyrrole nitrogens is 1. The molecule has 7 nitrogen and oxygen atoms in total. The van der Waals surface area contributed by atoms with E-state index in [1.807, 2.05) is 7.05 Å². The lowest BCUT2D eigenvalue weighted by Gasteiger charge is -2.32. The summed E-state index contributed by atoms with van der Waals surface area (Å²) < 4.78 is 56.0. The molecule has 2 heterocycles. The van der Waals surface area contributed by atoms with Gasteiger partial charge in [-0.25, -0.2) is 22.6 Å². The Hall–Kier alpha value is -4.22. The molecule has 0 unspecified atom stereocenters. The second kappa shape index (κ2) is 11.1. The lowest BCUT2D eigenvalue weighted by molar-refractivity contribution is -0.119. The number of carbonyl (C=O) groups excluding carboxylic acids is 1. The van der Waals surface area contributed by atoms with Crippen LogP contribution in [0.1, 0.15) is 11.1 Å². The third kappa shape index (κ3) is 5.56. The third-order valence-corrected chi connectivity index (χ3v) is 7.04. The van der Waals surface area contributed by atoms with E-state index in [1.165, 1.54) is 17.0 Å². The van der Waals surface area contributed by atoms with E-state index >= 15 is 0 Å². The van der Waals surface area contributed by atoms with E-state index in [9.17, 15) is 27.5 Å². The highest BCUT2D eigenvalue weighted by Gasteiger charge is 2.23. The van der Waals surface area contributed by atoms with Crippen LogP contribution in [0.25, 0.3) is 10.9 Å². The van der Waals surface area contributed by atoms with E-state index in [-0.39, 0.29) is 34.8 Å². The molecule has 1 aliphatic rings. The molecular formula is C29H27F4N5O2. The van der Waals surface area contributed by atoms with Gasteiger partial charge in [0.15, 0.2) is 23.3 Å². The predicted octanol–water partition coefficient (Wildman–Crippen LogP) is 4.81. The maximum atomic E-state index is 14.2. The van der Waals surface area contributed by atoms with Crippen molar-refractivity contribution in [2.24, 2.45) is 4.99 Å². The Morgan fingerprint density at radius 1 is 0.975 bits per heavy atom. The molecule has 1 fully saturated rings. The summed E-state index contributed by atoms with van der Waals surface area (Å²) in [6, 6.07) is 11.8. The van der Waals surface area contributed by atoms with Gasteiger partial charge in [-0.15, -0.1) is 0 Å². The van der Waals surface area contributed by atoms with Crippen LogP contribution < -0.4 is 4.90 Å². The van der Waals surface area contributed by atoms with Crippen LogP contribution in [-0.2, 0) is 4.79 Å². The van der Waals surface area contributed by atoms with Gasteiger partial charge in [-0.05, 0) is 61.6 Å². The van der Waals surface area contributed by atoms with Crippen LogP contribution in [0, 0.1) is 23.3 Å². The first kappa shape index (κ1) is 27.4. The number of aromatic amines is 1. The van der Waals surface area contributed by atoms with Gasteiger partial charge >= 0.3 is 0 Å². The number of nitrogens with one attached hydrogen (secondary N) is 1. The molecular weight excluding hydrogens is 526 g/mol. The van der Waals surface area contributed by atoms with Crippen molar-refractivity contribution >= 4 is 33.9 Å². The Kier molecular flexibility index (Phi) is 7.59. The summed E-state index contributed by atoms with van der Waals surface area (Å²) in [5, 5.41) is 11.0. The van der Waals surface area contributed by atoms with Crippen molar-refractivity contribution in [2.75, 3.05) is 51.7 Å². The smallest absolute Gasteiger partial charge is 0.240 e. The summed E-state index contributed by atoms with van der Waals surface area (Å²) in [7, 11) is 3.72. The number of piperazine rings is 1. The molecule has 1 aliphatic heterocycles. The fourth-order valence-corrected chi connectivity index (χ4v) is 4.68. The highest BCUT2D eigenvalue weighted by Crippen LogP contribution is 2.33. The predicted molar refractivity (Wildman–Crippen MR) is 145 cm³/mol. The van der Waals surface area contributed by atoms with E-state index < -0.39 is 29.1 Å². The van der Waals surface area contributed by atoms with Crippen LogP contribution in [0.4, 0.5) is 28.9 Å². The molecule has 4 aromatic rings. The molecule has 0 saturated carbocycles. The average Bonchev–Trinajstić information content (AvgIpc) is 3.25. The first-order valence-electron chi connectivity index (χ1n) is 12.6. The average molecular weight is 554 g/mol. The number of hydrogen-bond donors (Lipinski definition) is 2. The van der Waals surface area contributed by atoms with Crippen LogP contribution in [-0.4, -0.2) is 78.3 Å². The Balaban J connectivity index is 1.49. The van der Waals surface area contributed by atoms with Gasteiger partial charge in [0.1, 0.15) is 5.82 Å². The van der Waals surface area contributed by atoms with E-state index in [0.29, 0.717) is 16.8 Å². The second-order valence-electron chi connectivity index (χ2n) is 9.80. The molecule has 1 aromatic heterocycles. The van der Waals surface area contributed by atoms with Gasteiger partial charge in [0.25, 0.3) is 0 Å². The van der Waals surface area contributed by atoms with Gasteiger partial charge in [-0.2, -0.15) is 0 Å². The van der Waals surface area contributed by atoms with Gasteiger partial charge in [-0.1, -0.05) is 0 Å². The molecule has 1 amide bonds. The van der Waals surface area contributed by atoms with Crippen LogP contribution in [0.3, 0.4) is 0 Å². The second-order valence-corrected chi connectivity index (χ2v) is 9.80. The third-order valence-electron chi connectivity index (χ3n) is 7.04. The first-order valence-corrected chi connectivity index (χ1v) is 12.6.